The van der Waals surface area contributed by atoms with Crippen LogP contribution in [0.4, 0.5) is 16.2 Å². The first-order valence-electron chi connectivity index (χ1n) is 15.0. The highest BCUT2D eigenvalue weighted by molar-refractivity contribution is 6.04. The summed E-state index contributed by atoms with van der Waals surface area (Å²) in [6.45, 7) is 15.5. The second-order valence-corrected chi connectivity index (χ2v) is 11.8. The zero-order valence-corrected chi connectivity index (χ0v) is 26.4. The van der Waals surface area contributed by atoms with Gasteiger partial charge in [-0.3, -0.25) is 9.69 Å². The van der Waals surface area contributed by atoms with Crippen molar-refractivity contribution in [3.8, 4) is 16.9 Å². The van der Waals surface area contributed by atoms with Gasteiger partial charge in [-0.05, 0) is 83.5 Å². The number of benzene rings is 2. The molecule has 5 rings (SSSR count). The average molecular weight is 606 g/mol. The molecule has 2 amide bonds. The molecule has 0 aliphatic rings. The van der Waals surface area contributed by atoms with Crippen molar-refractivity contribution >= 4 is 28.4 Å². The van der Waals surface area contributed by atoms with Crippen molar-refractivity contribution in [3.05, 3.63) is 107 Å². The first-order chi connectivity index (χ1) is 21.6. The van der Waals surface area contributed by atoms with Crippen LogP contribution in [0, 0.1) is 0 Å². The van der Waals surface area contributed by atoms with E-state index in [9.17, 15) is 9.59 Å². The first kappa shape index (κ1) is 31.2. The zero-order chi connectivity index (χ0) is 32.1. The monoisotopic (exact) mass is 605 g/mol. The SMILES string of the molecule is C=C(C)CN(C(=O)Nc1c(C(C)C)cc(-c2cccc(OCCn3cncn3)c2)cc1C(C)C)c1cc2cccnc2[nH]c1=O. The summed E-state index contributed by atoms with van der Waals surface area (Å²) in [4.78, 5) is 39.7. The molecular formula is C35H39N7O3. The molecule has 0 aliphatic carbocycles. The van der Waals surface area contributed by atoms with Gasteiger partial charge in [0, 0.05) is 23.8 Å². The summed E-state index contributed by atoms with van der Waals surface area (Å²) in [6, 6.07) is 17.2. The predicted molar refractivity (Wildman–Crippen MR) is 179 cm³/mol. The van der Waals surface area contributed by atoms with Gasteiger partial charge in [-0.25, -0.2) is 19.4 Å². The third-order valence-electron chi connectivity index (χ3n) is 7.46. The largest absolute Gasteiger partial charge is 0.492 e. The Balaban J connectivity index is 1.49. The van der Waals surface area contributed by atoms with E-state index >= 15 is 0 Å². The molecule has 2 N–H and O–H groups in total. The summed E-state index contributed by atoms with van der Waals surface area (Å²) in [5.41, 5.74) is 5.81. The van der Waals surface area contributed by atoms with Crippen LogP contribution in [0.15, 0.2) is 90.4 Å². The fourth-order valence-electron chi connectivity index (χ4n) is 5.21. The third-order valence-corrected chi connectivity index (χ3v) is 7.46. The smallest absolute Gasteiger partial charge is 0.326 e. The number of urea groups is 1. The van der Waals surface area contributed by atoms with Crippen molar-refractivity contribution in [1.29, 1.82) is 0 Å². The number of nitrogens with one attached hydrogen (secondary N) is 2. The highest BCUT2D eigenvalue weighted by atomic mass is 16.5. The summed E-state index contributed by atoms with van der Waals surface area (Å²) in [5.74, 6) is 0.961. The summed E-state index contributed by atoms with van der Waals surface area (Å²) < 4.78 is 7.75. The van der Waals surface area contributed by atoms with E-state index in [1.807, 2.05) is 31.2 Å². The van der Waals surface area contributed by atoms with Crippen molar-refractivity contribution in [1.82, 2.24) is 24.7 Å². The number of rotatable bonds is 11. The number of aromatic nitrogens is 5. The number of H-pyrrole nitrogens is 1. The maximum absolute atomic E-state index is 14.1. The number of aromatic amines is 1. The lowest BCUT2D eigenvalue weighted by molar-refractivity contribution is 0.257. The molecule has 0 atom stereocenters. The van der Waals surface area contributed by atoms with Crippen molar-refractivity contribution in [2.24, 2.45) is 0 Å². The lowest BCUT2D eigenvalue weighted by Gasteiger charge is -2.27. The van der Waals surface area contributed by atoms with Crippen LogP contribution in [-0.2, 0) is 6.54 Å². The Labute approximate surface area is 262 Å². The van der Waals surface area contributed by atoms with Crippen molar-refractivity contribution < 1.29 is 9.53 Å². The number of carbonyl (C=O) groups excluding carboxylic acids is 1. The number of amides is 2. The normalized spacial score (nSPS) is 11.3. The van der Waals surface area contributed by atoms with Gasteiger partial charge in [-0.15, -0.1) is 0 Å². The molecule has 45 heavy (non-hydrogen) atoms. The first-order valence-corrected chi connectivity index (χ1v) is 15.0. The Morgan fingerprint density at radius 3 is 2.47 bits per heavy atom. The van der Waals surface area contributed by atoms with E-state index in [-0.39, 0.29) is 24.1 Å². The minimum absolute atomic E-state index is 0.101. The van der Waals surface area contributed by atoms with Crippen LogP contribution < -0.4 is 20.5 Å². The number of fused-ring (bicyclic) bond motifs is 1. The average Bonchev–Trinajstić information content (AvgIpc) is 3.53. The molecule has 0 saturated carbocycles. The summed E-state index contributed by atoms with van der Waals surface area (Å²) in [6.07, 6.45) is 4.78. The zero-order valence-electron chi connectivity index (χ0n) is 26.4. The van der Waals surface area contributed by atoms with Crippen LogP contribution in [0.5, 0.6) is 5.75 Å². The number of pyridine rings is 2. The molecule has 2 aromatic carbocycles. The fraction of sp³-hybridized carbons (Fsp3) is 0.286. The molecule has 0 fully saturated rings. The molecule has 0 radical (unpaired) electrons. The van der Waals surface area contributed by atoms with Crippen LogP contribution in [0.1, 0.15) is 57.6 Å². The van der Waals surface area contributed by atoms with Gasteiger partial charge < -0.3 is 15.0 Å². The van der Waals surface area contributed by atoms with Crippen molar-refractivity contribution in [2.75, 3.05) is 23.4 Å². The van der Waals surface area contributed by atoms with Crippen molar-refractivity contribution in [2.45, 2.75) is 53.0 Å². The highest BCUT2D eigenvalue weighted by Crippen LogP contribution is 2.38. The van der Waals surface area contributed by atoms with E-state index in [0.29, 0.717) is 18.8 Å². The maximum Gasteiger partial charge on any atom is 0.326 e. The Morgan fingerprint density at radius 2 is 1.80 bits per heavy atom. The molecule has 0 saturated heterocycles. The lowest BCUT2D eigenvalue weighted by Crippen LogP contribution is -2.39. The molecule has 3 heterocycles. The van der Waals surface area contributed by atoms with Gasteiger partial charge in [0.15, 0.2) is 0 Å². The topological polar surface area (TPSA) is 118 Å². The van der Waals surface area contributed by atoms with Crippen molar-refractivity contribution in [3.63, 3.8) is 0 Å². The Bertz CT molecular complexity index is 1850. The Hall–Kier alpha value is -5.25. The lowest BCUT2D eigenvalue weighted by atomic mass is 9.88. The van der Waals surface area contributed by atoms with Gasteiger partial charge >= 0.3 is 6.03 Å². The van der Waals surface area contributed by atoms with Gasteiger partial charge in [0.25, 0.3) is 5.56 Å². The van der Waals surface area contributed by atoms with Gasteiger partial charge in [0.05, 0.1) is 6.54 Å². The van der Waals surface area contributed by atoms with E-state index in [2.05, 4.69) is 77.8 Å². The number of nitrogens with zero attached hydrogens (tertiary/aromatic N) is 5. The van der Waals surface area contributed by atoms with Crippen LogP contribution >= 0.6 is 0 Å². The fourth-order valence-corrected chi connectivity index (χ4v) is 5.21. The molecule has 10 heteroatoms. The standard InChI is InChI=1S/C35H39N7O3/c1-22(2)19-42(31-18-26-10-8-12-37-33(26)40-34(31)43)35(44)39-32-29(23(3)4)16-27(17-30(32)24(5)6)25-9-7-11-28(15-25)45-14-13-41-21-36-20-38-41/h7-12,15-18,20-21,23-24H,1,13-14,19H2,2-6H3,(H,39,44)(H,37,40,43). The minimum atomic E-state index is -0.411. The third kappa shape index (κ3) is 7.29. The number of anilines is 2. The second kappa shape index (κ2) is 13.6. The molecule has 5 aromatic rings. The number of ether oxygens (including phenoxy) is 1. The van der Waals surface area contributed by atoms with E-state index in [0.717, 1.165) is 44.7 Å². The van der Waals surface area contributed by atoms with Crippen LogP contribution in [0.2, 0.25) is 0 Å². The summed E-state index contributed by atoms with van der Waals surface area (Å²) in [7, 11) is 0. The molecule has 232 valence electrons. The number of carbonyl (C=O) groups is 1. The quantitative estimate of drug-likeness (QED) is 0.155. The Kier molecular flexibility index (Phi) is 9.42. The van der Waals surface area contributed by atoms with E-state index in [1.165, 1.54) is 11.2 Å². The molecular weight excluding hydrogens is 566 g/mol. The van der Waals surface area contributed by atoms with E-state index < -0.39 is 11.6 Å². The molecule has 0 aliphatic heterocycles. The minimum Gasteiger partial charge on any atom is -0.492 e. The van der Waals surface area contributed by atoms with Crippen LogP contribution in [0.3, 0.4) is 0 Å². The maximum atomic E-state index is 14.1. The molecule has 0 unspecified atom stereocenters. The van der Waals surface area contributed by atoms with E-state index in [1.54, 1.807) is 29.3 Å². The van der Waals surface area contributed by atoms with Gasteiger partial charge in [-0.1, -0.05) is 52.0 Å². The van der Waals surface area contributed by atoms with Crippen LogP contribution in [-0.4, -0.2) is 43.9 Å². The number of hydrogen-bond acceptors (Lipinski definition) is 6. The van der Waals surface area contributed by atoms with E-state index in [4.69, 9.17) is 4.74 Å². The van der Waals surface area contributed by atoms with Crippen LogP contribution in [0.25, 0.3) is 22.2 Å². The summed E-state index contributed by atoms with van der Waals surface area (Å²) in [5, 5.41) is 8.04. The molecule has 3 aromatic heterocycles. The van der Waals surface area contributed by atoms with Gasteiger partial charge in [0.1, 0.15) is 36.3 Å². The molecule has 10 nitrogen and oxygen atoms in total. The predicted octanol–water partition coefficient (Wildman–Crippen LogP) is 7.12. The molecule has 0 bridgehead atoms. The second-order valence-electron chi connectivity index (χ2n) is 11.8. The molecule has 0 spiro atoms. The Morgan fingerprint density at radius 1 is 1.04 bits per heavy atom. The number of hydrogen-bond donors (Lipinski definition) is 2. The highest BCUT2D eigenvalue weighted by Gasteiger charge is 2.24. The summed E-state index contributed by atoms with van der Waals surface area (Å²) >= 11 is 0. The van der Waals surface area contributed by atoms with Gasteiger partial charge in [0.2, 0.25) is 0 Å². The van der Waals surface area contributed by atoms with Gasteiger partial charge in [-0.2, -0.15) is 5.10 Å².